The van der Waals surface area contributed by atoms with Gasteiger partial charge in [0.15, 0.2) is 0 Å². The number of nitrogens with one attached hydrogen (secondary N) is 1. The van der Waals surface area contributed by atoms with E-state index in [4.69, 9.17) is 5.84 Å². The summed E-state index contributed by atoms with van der Waals surface area (Å²) in [6.45, 7) is 15.5. The van der Waals surface area contributed by atoms with E-state index in [1.165, 1.54) is 13.8 Å². The Morgan fingerprint density at radius 2 is 1.36 bits per heavy atom. The molecule has 0 fully saturated rings. The predicted molar refractivity (Wildman–Crippen MR) is 103 cm³/mol. The molecule has 0 aromatic heterocycles. The van der Waals surface area contributed by atoms with Gasteiger partial charge in [0.25, 0.3) is 0 Å². The second-order valence-corrected chi connectivity index (χ2v) is 8.52. The van der Waals surface area contributed by atoms with Crippen molar-refractivity contribution in [3.8, 4) is 5.75 Å². The maximum absolute atomic E-state index is 11.3. The minimum atomic E-state index is -0.183. The zero-order chi connectivity index (χ0) is 20.0. The quantitative estimate of drug-likeness (QED) is 0.442. The number of carbonyl (C=O) groups excluding carboxylic acids is 2. The number of aryl methyl sites for hydroxylation is 1. The number of benzene rings is 1. The first-order valence-corrected chi connectivity index (χ1v) is 8.53. The minimum absolute atomic E-state index is 0.157. The summed E-state index contributed by atoms with van der Waals surface area (Å²) in [5.74, 6) is 5.47. The highest BCUT2D eigenvalue weighted by Gasteiger charge is 2.26. The van der Waals surface area contributed by atoms with E-state index in [9.17, 15) is 14.7 Å². The van der Waals surface area contributed by atoms with Crippen LogP contribution in [0.3, 0.4) is 0 Å². The molecule has 142 valence electrons. The second-order valence-electron chi connectivity index (χ2n) is 8.52. The molecule has 0 unspecified atom stereocenters. The molecular weight excluding hydrogens is 316 g/mol. The zero-order valence-corrected chi connectivity index (χ0v) is 16.9. The lowest BCUT2D eigenvalue weighted by Gasteiger charge is -2.28. The van der Waals surface area contributed by atoms with Crippen LogP contribution in [0.1, 0.15) is 78.5 Å². The Morgan fingerprint density at radius 1 is 1.00 bits per heavy atom. The number of phenols is 1. The Labute approximate surface area is 152 Å². The average molecular weight is 351 g/mol. The molecule has 0 spiro atoms. The van der Waals surface area contributed by atoms with Crippen molar-refractivity contribution in [1.29, 1.82) is 0 Å². The van der Waals surface area contributed by atoms with Gasteiger partial charge in [-0.3, -0.25) is 10.2 Å². The third-order valence-corrected chi connectivity index (χ3v) is 3.59. The summed E-state index contributed by atoms with van der Waals surface area (Å²) in [7, 11) is 0. The normalized spacial score (nSPS) is 11.4. The predicted octanol–water partition coefficient (Wildman–Crippen LogP) is 3.51. The molecule has 0 saturated heterocycles. The smallest absolute Gasteiger partial charge is 0.234 e. The summed E-state index contributed by atoms with van der Waals surface area (Å²) in [5, 5.41) is 10.6. The van der Waals surface area contributed by atoms with Gasteiger partial charge in [-0.05, 0) is 47.8 Å². The van der Waals surface area contributed by atoms with Gasteiger partial charge in [0.2, 0.25) is 5.91 Å². The van der Waals surface area contributed by atoms with Crippen LogP contribution in [0, 0.1) is 0 Å². The molecule has 0 saturated carbocycles. The number of carbonyl (C=O) groups is 2. The first kappa shape index (κ1) is 23.1. The Hall–Kier alpha value is -1.88. The highest BCUT2D eigenvalue weighted by molar-refractivity contribution is 5.75. The first-order chi connectivity index (χ1) is 11.2. The van der Waals surface area contributed by atoms with Gasteiger partial charge >= 0.3 is 0 Å². The van der Waals surface area contributed by atoms with Crippen LogP contribution in [0.25, 0.3) is 0 Å². The van der Waals surface area contributed by atoms with Crippen LogP contribution in [-0.2, 0) is 26.8 Å². The maximum atomic E-state index is 11.3. The molecule has 5 nitrogen and oxygen atoms in total. The van der Waals surface area contributed by atoms with Crippen molar-refractivity contribution in [2.75, 3.05) is 0 Å². The fraction of sp³-hybridized carbons (Fsp3) is 0.600. The van der Waals surface area contributed by atoms with E-state index in [0.29, 0.717) is 18.6 Å². The Bertz CT molecular complexity index is 569. The van der Waals surface area contributed by atoms with Gasteiger partial charge in [-0.15, -0.1) is 0 Å². The van der Waals surface area contributed by atoms with E-state index in [-0.39, 0.29) is 22.5 Å². The monoisotopic (exact) mass is 350 g/mol. The molecule has 1 aromatic carbocycles. The third kappa shape index (κ3) is 8.16. The van der Waals surface area contributed by atoms with Crippen LogP contribution < -0.4 is 11.3 Å². The SMILES string of the molecule is CC(C)(C)c1cc(CCC(=O)NN)cc(C(C)(C)C)c1O.CC(C)=O. The highest BCUT2D eigenvalue weighted by atomic mass is 16.3. The lowest BCUT2D eigenvalue weighted by Crippen LogP contribution is -2.30. The number of nitrogens with two attached hydrogens (primary N) is 1. The fourth-order valence-electron chi connectivity index (χ4n) is 2.31. The van der Waals surface area contributed by atoms with E-state index < -0.39 is 0 Å². The van der Waals surface area contributed by atoms with E-state index in [1.54, 1.807) is 0 Å². The molecular formula is C20H34N2O3. The van der Waals surface area contributed by atoms with Crippen molar-refractivity contribution in [1.82, 2.24) is 5.43 Å². The van der Waals surface area contributed by atoms with Gasteiger partial charge in [-0.1, -0.05) is 53.7 Å². The van der Waals surface area contributed by atoms with Gasteiger partial charge in [0, 0.05) is 6.42 Å². The van der Waals surface area contributed by atoms with Crippen LogP contribution in [0.5, 0.6) is 5.75 Å². The molecule has 1 aromatic rings. The highest BCUT2D eigenvalue weighted by Crippen LogP contribution is 2.39. The van der Waals surface area contributed by atoms with Crippen LogP contribution in [-0.4, -0.2) is 16.8 Å². The zero-order valence-electron chi connectivity index (χ0n) is 16.9. The fourth-order valence-corrected chi connectivity index (χ4v) is 2.31. The lowest BCUT2D eigenvalue weighted by atomic mass is 9.78. The third-order valence-electron chi connectivity index (χ3n) is 3.59. The number of hydrogen-bond acceptors (Lipinski definition) is 4. The molecule has 0 atom stereocenters. The molecule has 5 heteroatoms. The molecule has 25 heavy (non-hydrogen) atoms. The summed E-state index contributed by atoms with van der Waals surface area (Å²) in [4.78, 5) is 20.8. The van der Waals surface area contributed by atoms with Crippen molar-refractivity contribution in [2.24, 2.45) is 5.84 Å². The summed E-state index contributed by atoms with van der Waals surface area (Å²) in [6, 6.07) is 3.99. The first-order valence-electron chi connectivity index (χ1n) is 8.53. The van der Waals surface area contributed by atoms with Crippen LogP contribution >= 0.6 is 0 Å². The van der Waals surface area contributed by atoms with Crippen molar-refractivity contribution < 1.29 is 14.7 Å². The van der Waals surface area contributed by atoms with Crippen LogP contribution in [0.2, 0.25) is 0 Å². The lowest BCUT2D eigenvalue weighted by molar-refractivity contribution is -0.121. The molecule has 0 radical (unpaired) electrons. The number of rotatable bonds is 3. The van der Waals surface area contributed by atoms with Gasteiger partial charge in [0.1, 0.15) is 11.5 Å². The van der Waals surface area contributed by atoms with Crippen molar-refractivity contribution >= 4 is 11.7 Å². The molecule has 1 amide bonds. The molecule has 4 N–H and O–H groups in total. The number of ketones is 1. The molecule has 0 aliphatic carbocycles. The van der Waals surface area contributed by atoms with Crippen molar-refractivity contribution in [3.63, 3.8) is 0 Å². The summed E-state index contributed by atoms with van der Waals surface area (Å²) < 4.78 is 0. The summed E-state index contributed by atoms with van der Waals surface area (Å²) in [6.07, 6.45) is 0.948. The van der Waals surface area contributed by atoms with E-state index in [0.717, 1.165) is 16.7 Å². The molecule has 0 heterocycles. The summed E-state index contributed by atoms with van der Waals surface area (Å²) in [5.41, 5.74) is 4.71. The van der Waals surface area contributed by atoms with Crippen LogP contribution in [0.15, 0.2) is 12.1 Å². The van der Waals surface area contributed by atoms with E-state index >= 15 is 0 Å². The summed E-state index contributed by atoms with van der Waals surface area (Å²) >= 11 is 0. The Kier molecular flexibility index (Phi) is 8.32. The number of aromatic hydroxyl groups is 1. The van der Waals surface area contributed by atoms with Gasteiger partial charge < -0.3 is 9.90 Å². The van der Waals surface area contributed by atoms with Crippen LogP contribution in [0.4, 0.5) is 0 Å². The number of hydrazine groups is 1. The standard InChI is InChI=1S/C17H28N2O2.C3H6O/c1-16(2,3)12-9-11(7-8-14(20)19-18)10-13(15(12)21)17(4,5)6;1-3(2)4/h9-10,21H,7-8,18H2,1-6H3,(H,19,20);1-2H3. The topological polar surface area (TPSA) is 92.4 Å². The van der Waals surface area contributed by atoms with Gasteiger partial charge in [-0.25, -0.2) is 5.84 Å². The van der Waals surface area contributed by atoms with Gasteiger partial charge in [-0.2, -0.15) is 0 Å². The van der Waals surface area contributed by atoms with Gasteiger partial charge in [0.05, 0.1) is 0 Å². The number of phenolic OH excluding ortho intramolecular Hbond substituents is 1. The maximum Gasteiger partial charge on any atom is 0.234 e. The number of amides is 1. The second kappa shape index (κ2) is 8.99. The Balaban J connectivity index is 0.00000129. The largest absolute Gasteiger partial charge is 0.507 e. The minimum Gasteiger partial charge on any atom is -0.507 e. The average Bonchev–Trinajstić information content (AvgIpc) is 2.42. The van der Waals surface area contributed by atoms with Crippen molar-refractivity contribution in [2.45, 2.75) is 79.1 Å². The Morgan fingerprint density at radius 3 is 1.64 bits per heavy atom. The molecule has 0 bridgehead atoms. The van der Waals surface area contributed by atoms with Crippen molar-refractivity contribution in [3.05, 3.63) is 28.8 Å². The molecule has 1 rings (SSSR count). The molecule has 0 aliphatic rings. The number of hydrogen-bond donors (Lipinski definition) is 3. The van der Waals surface area contributed by atoms with E-state index in [1.807, 2.05) is 12.1 Å². The number of Topliss-reactive ketones (excluding diaryl/α,β-unsaturated/α-hetero) is 1. The van der Waals surface area contributed by atoms with E-state index in [2.05, 4.69) is 47.0 Å². The molecule has 0 aliphatic heterocycles.